The number of ether oxygens (including phenoxy) is 2. The summed E-state index contributed by atoms with van der Waals surface area (Å²) in [5, 5.41) is 3.46. The normalized spacial score (nSPS) is 26.0. The van der Waals surface area contributed by atoms with E-state index in [2.05, 4.69) is 36.5 Å². The second kappa shape index (κ2) is 5.48. The highest BCUT2D eigenvalue weighted by Gasteiger charge is 2.34. The average Bonchev–Trinajstić information content (AvgIpc) is 2.74. The minimum Gasteiger partial charge on any atom is -0.496 e. The smallest absolute Gasteiger partial charge is 0.195 e. The van der Waals surface area contributed by atoms with Gasteiger partial charge in [0.15, 0.2) is 5.88 Å². The minimum absolute atomic E-state index is 0.509. The summed E-state index contributed by atoms with van der Waals surface area (Å²) < 4.78 is 11.5. The van der Waals surface area contributed by atoms with E-state index < -0.39 is 0 Å². The van der Waals surface area contributed by atoms with Crippen LogP contribution in [0.15, 0.2) is 69.4 Å². The fraction of sp³-hybridized carbons (Fsp3) is 0.400. The topological polar surface area (TPSA) is 30.5 Å². The SMILES string of the molecule is COC1=CC(C)CC2=C1C1=C(OC)NCC3=C1C(=CC2)C=CC3. The highest BCUT2D eigenvalue weighted by atomic mass is 16.5. The second-order valence-corrected chi connectivity index (χ2v) is 6.61. The van der Waals surface area contributed by atoms with Crippen molar-refractivity contribution >= 4 is 0 Å². The molecule has 0 aromatic rings. The summed E-state index contributed by atoms with van der Waals surface area (Å²) in [4.78, 5) is 0. The number of hydrogen-bond donors (Lipinski definition) is 1. The monoisotopic (exact) mass is 309 g/mol. The number of hydrogen-bond acceptors (Lipinski definition) is 3. The van der Waals surface area contributed by atoms with Gasteiger partial charge in [0.2, 0.25) is 0 Å². The van der Waals surface area contributed by atoms with E-state index in [0.717, 1.165) is 37.4 Å². The zero-order chi connectivity index (χ0) is 16.0. The molecule has 0 aromatic heterocycles. The Morgan fingerprint density at radius 2 is 1.91 bits per heavy atom. The summed E-state index contributed by atoms with van der Waals surface area (Å²) in [5.41, 5.74) is 8.01. The molecule has 0 saturated heterocycles. The van der Waals surface area contributed by atoms with Crippen molar-refractivity contribution in [2.24, 2.45) is 5.92 Å². The fourth-order valence-electron chi connectivity index (χ4n) is 4.13. The number of rotatable bonds is 2. The molecule has 4 rings (SSSR count). The van der Waals surface area contributed by atoms with Gasteiger partial charge < -0.3 is 14.8 Å². The van der Waals surface area contributed by atoms with Crippen molar-refractivity contribution < 1.29 is 9.47 Å². The van der Waals surface area contributed by atoms with E-state index in [1.54, 1.807) is 14.2 Å². The van der Waals surface area contributed by atoms with Crippen LogP contribution in [0.25, 0.3) is 0 Å². The van der Waals surface area contributed by atoms with E-state index in [4.69, 9.17) is 9.47 Å². The molecule has 1 N–H and O–H groups in total. The third kappa shape index (κ3) is 2.18. The molecule has 0 saturated carbocycles. The third-order valence-corrected chi connectivity index (χ3v) is 5.09. The first-order valence-electron chi connectivity index (χ1n) is 8.33. The quantitative estimate of drug-likeness (QED) is 0.839. The standard InChI is InChI=1S/C20H23NO2/c1-12-9-14-8-7-13-5-4-6-15-11-21-20(23-3)19(17(13)15)18(14)16(10-12)22-2/h4-5,7,10,12,21H,6,8-9,11H2,1-3H3. The molecule has 0 aromatic carbocycles. The number of methoxy groups -OCH3 is 2. The van der Waals surface area contributed by atoms with Crippen LogP contribution in [-0.4, -0.2) is 20.8 Å². The summed E-state index contributed by atoms with van der Waals surface area (Å²) in [6.07, 6.45) is 12.2. The van der Waals surface area contributed by atoms with Crippen LogP contribution in [0.2, 0.25) is 0 Å². The maximum absolute atomic E-state index is 5.77. The zero-order valence-electron chi connectivity index (χ0n) is 14.0. The van der Waals surface area contributed by atoms with Crippen molar-refractivity contribution in [1.29, 1.82) is 0 Å². The molecule has 23 heavy (non-hydrogen) atoms. The third-order valence-electron chi connectivity index (χ3n) is 5.09. The predicted octanol–water partition coefficient (Wildman–Crippen LogP) is 3.90. The van der Waals surface area contributed by atoms with Crippen LogP contribution in [-0.2, 0) is 9.47 Å². The van der Waals surface area contributed by atoms with Gasteiger partial charge in [0, 0.05) is 12.1 Å². The predicted molar refractivity (Wildman–Crippen MR) is 91.4 cm³/mol. The van der Waals surface area contributed by atoms with Gasteiger partial charge in [-0.25, -0.2) is 0 Å². The molecular weight excluding hydrogens is 286 g/mol. The van der Waals surface area contributed by atoms with Crippen LogP contribution in [0.1, 0.15) is 26.2 Å². The Balaban J connectivity index is 1.98. The van der Waals surface area contributed by atoms with Crippen LogP contribution in [0.3, 0.4) is 0 Å². The van der Waals surface area contributed by atoms with E-state index >= 15 is 0 Å². The van der Waals surface area contributed by atoms with Gasteiger partial charge in [-0.3, -0.25) is 0 Å². The van der Waals surface area contributed by atoms with Gasteiger partial charge in [-0.05, 0) is 48.0 Å². The molecule has 3 nitrogen and oxygen atoms in total. The van der Waals surface area contributed by atoms with Crippen molar-refractivity contribution in [3.8, 4) is 0 Å². The molecule has 0 fully saturated rings. The van der Waals surface area contributed by atoms with E-state index in [9.17, 15) is 0 Å². The molecule has 3 heteroatoms. The molecule has 1 aliphatic heterocycles. The van der Waals surface area contributed by atoms with Crippen molar-refractivity contribution in [2.45, 2.75) is 26.2 Å². The molecule has 0 bridgehead atoms. The molecule has 0 radical (unpaired) electrons. The molecule has 0 amide bonds. The number of allylic oxidation sites excluding steroid dienone is 8. The van der Waals surface area contributed by atoms with E-state index in [1.807, 2.05) is 0 Å². The van der Waals surface area contributed by atoms with Gasteiger partial charge in [0.25, 0.3) is 0 Å². The van der Waals surface area contributed by atoms with Crippen LogP contribution >= 0.6 is 0 Å². The van der Waals surface area contributed by atoms with Gasteiger partial charge in [-0.1, -0.05) is 30.7 Å². The number of dihydropyridines is 1. The fourth-order valence-corrected chi connectivity index (χ4v) is 4.13. The molecule has 4 aliphatic rings. The van der Waals surface area contributed by atoms with E-state index in [0.29, 0.717) is 5.92 Å². The summed E-state index contributed by atoms with van der Waals surface area (Å²) in [6.45, 7) is 3.11. The summed E-state index contributed by atoms with van der Waals surface area (Å²) in [6, 6.07) is 0. The Hall–Kier alpha value is -2.16. The largest absolute Gasteiger partial charge is 0.496 e. The Morgan fingerprint density at radius 3 is 2.70 bits per heavy atom. The Kier molecular flexibility index (Phi) is 3.44. The second-order valence-electron chi connectivity index (χ2n) is 6.61. The molecule has 120 valence electrons. The van der Waals surface area contributed by atoms with Crippen LogP contribution < -0.4 is 5.32 Å². The summed E-state index contributed by atoms with van der Waals surface area (Å²) >= 11 is 0. The molecule has 1 atom stereocenters. The maximum atomic E-state index is 5.77. The van der Waals surface area contributed by atoms with Crippen molar-refractivity contribution in [3.05, 3.63) is 69.4 Å². The van der Waals surface area contributed by atoms with E-state index in [-0.39, 0.29) is 0 Å². The molecule has 0 spiro atoms. The Bertz CT molecular complexity index is 744. The van der Waals surface area contributed by atoms with Gasteiger partial charge >= 0.3 is 0 Å². The lowest BCUT2D eigenvalue weighted by atomic mass is 9.79. The zero-order valence-corrected chi connectivity index (χ0v) is 14.0. The van der Waals surface area contributed by atoms with Crippen LogP contribution in [0.5, 0.6) is 0 Å². The highest BCUT2D eigenvalue weighted by molar-refractivity contribution is 5.71. The van der Waals surface area contributed by atoms with E-state index in [1.165, 1.54) is 33.4 Å². The molecule has 1 heterocycles. The molecule has 3 aliphatic carbocycles. The van der Waals surface area contributed by atoms with Crippen molar-refractivity contribution in [3.63, 3.8) is 0 Å². The minimum atomic E-state index is 0.509. The molecule has 1 unspecified atom stereocenters. The lowest BCUT2D eigenvalue weighted by molar-refractivity contribution is 0.255. The van der Waals surface area contributed by atoms with Crippen molar-refractivity contribution in [1.82, 2.24) is 5.32 Å². The number of fused-ring (bicyclic) bond motifs is 1. The lowest BCUT2D eigenvalue weighted by Crippen LogP contribution is -2.28. The number of nitrogens with one attached hydrogen (secondary N) is 1. The van der Waals surface area contributed by atoms with Gasteiger partial charge in [0.05, 0.1) is 19.8 Å². The summed E-state index contributed by atoms with van der Waals surface area (Å²) in [7, 11) is 3.52. The first kappa shape index (κ1) is 14.4. The Morgan fingerprint density at radius 1 is 1.04 bits per heavy atom. The maximum Gasteiger partial charge on any atom is 0.195 e. The van der Waals surface area contributed by atoms with Gasteiger partial charge in [-0.2, -0.15) is 0 Å². The summed E-state index contributed by atoms with van der Waals surface area (Å²) in [5.74, 6) is 2.37. The first-order chi connectivity index (χ1) is 11.2. The van der Waals surface area contributed by atoms with Gasteiger partial charge in [-0.15, -0.1) is 0 Å². The Labute approximate surface area is 137 Å². The van der Waals surface area contributed by atoms with Crippen LogP contribution in [0, 0.1) is 5.92 Å². The van der Waals surface area contributed by atoms with Gasteiger partial charge in [0.1, 0.15) is 5.76 Å². The highest BCUT2D eigenvalue weighted by Crippen LogP contribution is 2.46. The first-order valence-corrected chi connectivity index (χ1v) is 8.33. The van der Waals surface area contributed by atoms with Crippen LogP contribution in [0.4, 0.5) is 0 Å². The average molecular weight is 309 g/mol. The van der Waals surface area contributed by atoms with Crippen molar-refractivity contribution in [2.75, 3.05) is 20.8 Å². The lowest BCUT2D eigenvalue weighted by Gasteiger charge is -2.32. The molecular formula is C20H23NO2.